The predicted molar refractivity (Wildman–Crippen MR) is 116 cm³/mol. The zero-order valence-corrected chi connectivity index (χ0v) is 17.1. The van der Waals surface area contributed by atoms with Gasteiger partial charge in [0.05, 0.1) is 18.5 Å². The maximum absolute atomic E-state index is 11.8. The van der Waals surface area contributed by atoms with Gasteiger partial charge in [-0.15, -0.1) is 5.14 Å². The number of ether oxygens (including phenoxy) is 1. The Kier molecular flexibility index (Phi) is 6.02. The van der Waals surface area contributed by atoms with Gasteiger partial charge in [0.2, 0.25) is 5.95 Å². The Bertz CT molecular complexity index is 1220. The Labute approximate surface area is 180 Å². The lowest BCUT2D eigenvalue weighted by molar-refractivity contribution is 0.379. The van der Waals surface area contributed by atoms with Gasteiger partial charge in [0.1, 0.15) is 11.2 Å². The summed E-state index contributed by atoms with van der Waals surface area (Å²) in [6.07, 6.45) is 0. The molecule has 1 unspecified atom stereocenters. The van der Waals surface area contributed by atoms with E-state index in [1.807, 2.05) is 6.07 Å². The van der Waals surface area contributed by atoms with Crippen molar-refractivity contribution in [1.29, 1.82) is 0 Å². The molecular weight excluding hydrogens is 421 g/mol. The second-order valence-electron chi connectivity index (χ2n) is 6.49. The molecule has 0 saturated carbocycles. The van der Waals surface area contributed by atoms with Crippen molar-refractivity contribution in [1.82, 2.24) is 25.1 Å². The van der Waals surface area contributed by atoms with Crippen molar-refractivity contribution >= 4 is 40.8 Å². The molecule has 0 aliphatic carbocycles. The van der Waals surface area contributed by atoms with Crippen LogP contribution in [0.4, 0.5) is 5.95 Å². The minimum absolute atomic E-state index is 0.0849. The smallest absolute Gasteiger partial charge is 0.488 e. The Morgan fingerprint density at radius 1 is 1.19 bits per heavy atom. The van der Waals surface area contributed by atoms with Crippen molar-refractivity contribution in [2.45, 2.75) is 11.4 Å². The number of anilines is 1. The molecule has 2 aromatic heterocycles. The number of nitrogens with one attached hydrogen (secondary N) is 2. The monoisotopic (exact) mass is 439 g/mol. The largest absolute Gasteiger partial charge is 0.593 e. The third kappa shape index (κ3) is 4.45. The van der Waals surface area contributed by atoms with E-state index in [9.17, 15) is 14.6 Å². The number of fused-ring (bicyclic) bond motifs is 1. The first-order chi connectivity index (χ1) is 15.0. The zero-order valence-electron chi connectivity index (χ0n) is 16.3. The van der Waals surface area contributed by atoms with E-state index in [2.05, 4.69) is 30.5 Å². The zero-order chi connectivity index (χ0) is 22.0. The lowest BCUT2D eigenvalue weighted by atomic mass is 9.80. The molecule has 0 aliphatic heterocycles. The fourth-order valence-electron chi connectivity index (χ4n) is 3.03. The molecular formula is C18H18BN7O4S. The summed E-state index contributed by atoms with van der Waals surface area (Å²) in [5.41, 5.74) is 2.14. The molecule has 0 amide bonds. The summed E-state index contributed by atoms with van der Waals surface area (Å²) in [5.74, 6) is 0.492. The number of hydrogen-bond acceptors (Lipinski definition) is 10. The van der Waals surface area contributed by atoms with Crippen LogP contribution in [0, 0.1) is 0 Å². The molecule has 4 rings (SSSR count). The van der Waals surface area contributed by atoms with Crippen LogP contribution in [-0.4, -0.2) is 54.0 Å². The molecule has 0 bridgehead atoms. The van der Waals surface area contributed by atoms with Crippen LogP contribution in [0.5, 0.6) is 6.01 Å². The lowest BCUT2D eigenvalue weighted by Gasteiger charge is -2.09. The van der Waals surface area contributed by atoms with Crippen LogP contribution in [0.3, 0.4) is 0 Å². The van der Waals surface area contributed by atoms with Crippen LogP contribution in [0.1, 0.15) is 5.56 Å². The van der Waals surface area contributed by atoms with E-state index in [0.717, 1.165) is 5.56 Å². The van der Waals surface area contributed by atoms with Crippen molar-refractivity contribution in [3.05, 3.63) is 48.0 Å². The van der Waals surface area contributed by atoms with Gasteiger partial charge in [-0.25, -0.2) is 0 Å². The molecule has 13 heteroatoms. The van der Waals surface area contributed by atoms with Gasteiger partial charge >= 0.3 is 13.1 Å². The number of aromatic nitrogens is 5. The summed E-state index contributed by atoms with van der Waals surface area (Å²) in [4.78, 5) is 13.3. The third-order valence-corrected chi connectivity index (χ3v) is 5.26. The Balaban J connectivity index is 1.67. The van der Waals surface area contributed by atoms with Crippen molar-refractivity contribution < 1.29 is 19.3 Å². The molecule has 0 fully saturated rings. The van der Waals surface area contributed by atoms with Crippen LogP contribution in [0.2, 0.25) is 0 Å². The number of methoxy groups -OCH3 is 1. The summed E-state index contributed by atoms with van der Waals surface area (Å²) in [7, 11) is -0.114. The van der Waals surface area contributed by atoms with Crippen LogP contribution in [-0.2, 0) is 17.9 Å². The molecule has 4 aromatic rings. The minimum atomic E-state index is -1.68. The molecule has 11 nitrogen and oxygen atoms in total. The Morgan fingerprint density at radius 2 is 2.00 bits per heavy atom. The molecule has 2 heterocycles. The molecule has 0 radical (unpaired) electrons. The van der Waals surface area contributed by atoms with E-state index in [1.54, 1.807) is 36.4 Å². The van der Waals surface area contributed by atoms with E-state index in [1.165, 1.54) is 7.11 Å². The molecule has 2 aromatic carbocycles. The highest BCUT2D eigenvalue weighted by atomic mass is 32.2. The molecule has 158 valence electrons. The fourth-order valence-corrected chi connectivity index (χ4v) is 3.60. The predicted octanol–water partition coefficient (Wildman–Crippen LogP) is -0.303. The number of aromatic amines is 1. The highest BCUT2D eigenvalue weighted by Gasteiger charge is 2.20. The van der Waals surface area contributed by atoms with Crippen LogP contribution in [0.25, 0.3) is 22.4 Å². The van der Waals surface area contributed by atoms with E-state index in [0.29, 0.717) is 33.5 Å². The second kappa shape index (κ2) is 8.87. The molecule has 1 atom stereocenters. The second-order valence-corrected chi connectivity index (χ2v) is 7.52. The van der Waals surface area contributed by atoms with Gasteiger partial charge in [0.15, 0.2) is 10.7 Å². The normalized spacial score (nSPS) is 12.0. The maximum atomic E-state index is 11.8. The SMILES string of the molecule is COc1nc(NCc2cccc(B(O)O)c2)nc(-c2n[nH]c3c([S+](N)[O-])cccc23)n1. The van der Waals surface area contributed by atoms with E-state index in [-0.39, 0.29) is 17.8 Å². The molecule has 0 aliphatic rings. The highest BCUT2D eigenvalue weighted by molar-refractivity contribution is 7.89. The van der Waals surface area contributed by atoms with Gasteiger partial charge in [-0.1, -0.05) is 36.4 Å². The first kappa shape index (κ1) is 21.0. The highest BCUT2D eigenvalue weighted by Crippen LogP contribution is 2.28. The third-order valence-electron chi connectivity index (χ3n) is 4.49. The minimum Gasteiger partial charge on any atom is -0.593 e. The van der Waals surface area contributed by atoms with Gasteiger partial charge < -0.3 is 24.7 Å². The van der Waals surface area contributed by atoms with E-state index in [4.69, 9.17) is 9.88 Å². The summed E-state index contributed by atoms with van der Waals surface area (Å²) >= 11 is -1.68. The van der Waals surface area contributed by atoms with Crippen molar-refractivity contribution in [3.8, 4) is 17.5 Å². The average molecular weight is 439 g/mol. The Hall–Kier alpha value is -3.23. The quantitative estimate of drug-likeness (QED) is 0.190. The molecule has 0 spiro atoms. The molecule has 6 N–H and O–H groups in total. The van der Waals surface area contributed by atoms with Crippen LogP contribution >= 0.6 is 0 Å². The van der Waals surface area contributed by atoms with Crippen LogP contribution < -0.4 is 20.7 Å². The number of nitrogens with two attached hydrogens (primary N) is 1. The van der Waals surface area contributed by atoms with Gasteiger partial charge in [0, 0.05) is 11.9 Å². The number of H-pyrrole nitrogens is 1. The van der Waals surface area contributed by atoms with E-state index >= 15 is 0 Å². The number of nitrogens with zero attached hydrogens (tertiary/aromatic N) is 4. The van der Waals surface area contributed by atoms with Gasteiger partial charge in [-0.3, -0.25) is 5.10 Å². The topological polar surface area (TPSA) is 178 Å². The maximum Gasteiger partial charge on any atom is 0.488 e. The van der Waals surface area contributed by atoms with Gasteiger partial charge in [-0.05, 0) is 17.1 Å². The first-order valence-corrected chi connectivity index (χ1v) is 10.3. The first-order valence-electron chi connectivity index (χ1n) is 9.09. The van der Waals surface area contributed by atoms with Crippen molar-refractivity contribution in [3.63, 3.8) is 0 Å². The lowest BCUT2D eigenvalue weighted by Crippen LogP contribution is -2.30. The standard InChI is InChI=1S/C18H18BN7O4S/c1-30-18-23-16(15-12-6-3-7-13(31(20)29)14(12)25-26-15)22-17(24-18)21-9-10-4-2-5-11(8-10)19(27)28/h2-8,27-28H,9,20H2,1H3,(H,25,26)(H,21,22,23,24). The van der Waals surface area contributed by atoms with Gasteiger partial charge in [-0.2, -0.15) is 20.1 Å². The number of para-hydroxylation sites is 1. The summed E-state index contributed by atoms with van der Waals surface area (Å²) < 4.78 is 17.0. The summed E-state index contributed by atoms with van der Waals surface area (Å²) in [5, 5.41) is 35.0. The van der Waals surface area contributed by atoms with Crippen molar-refractivity contribution in [2.75, 3.05) is 12.4 Å². The van der Waals surface area contributed by atoms with Crippen LogP contribution in [0.15, 0.2) is 47.4 Å². The van der Waals surface area contributed by atoms with Gasteiger partial charge in [0.25, 0.3) is 0 Å². The molecule has 31 heavy (non-hydrogen) atoms. The summed E-state index contributed by atoms with van der Waals surface area (Å²) in [6, 6.07) is 12.1. The number of benzene rings is 2. The van der Waals surface area contributed by atoms with E-state index < -0.39 is 18.5 Å². The molecule has 0 saturated heterocycles. The number of hydrogen-bond donors (Lipinski definition) is 5. The number of rotatable bonds is 7. The van der Waals surface area contributed by atoms with Crippen molar-refractivity contribution in [2.24, 2.45) is 5.14 Å². The summed E-state index contributed by atoms with van der Waals surface area (Å²) in [6.45, 7) is 0.324. The Morgan fingerprint density at radius 3 is 2.74 bits per heavy atom. The fraction of sp³-hybridized carbons (Fsp3) is 0.111. The average Bonchev–Trinajstić information content (AvgIpc) is 3.21.